The van der Waals surface area contributed by atoms with Crippen LogP contribution in [0.15, 0.2) is 18.2 Å². The molecule has 0 fully saturated rings. The van der Waals surface area contributed by atoms with Crippen molar-refractivity contribution in [2.75, 3.05) is 13.2 Å². The van der Waals surface area contributed by atoms with E-state index in [0.717, 1.165) is 38.2 Å². The first-order chi connectivity index (χ1) is 7.77. The van der Waals surface area contributed by atoms with Crippen molar-refractivity contribution in [3.05, 3.63) is 29.3 Å². The molecule has 0 spiro atoms. The summed E-state index contributed by atoms with van der Waals surface area (Å²) in [5.41, 5.74) is 8.23. The number of ether oxygens (including phenoxy) is 1. The first-order valence-electron chi connectivity index (χ1n) is 6.20. The highest BCUT2D eigenvalue weighted by Gasteiger charge is 2.00. The minimum Gasteiger partial charge on any atom is -0.494 e. The normalized spacial score (nSPS) is 10.4. The second-order valence-corrected chi connectivity index (χ2v) is 4.18. The number of hydrogen-bond donors (Lipinski definition) is 1. The summed E-state index contributed by atoms with van der Waals surface area (Å²) in [6.45, 7) is 5.85. The molecule has 1 rings (SSSR count). The highest BCUT2D eigenvalue weighted by atomic mass is 16.5. The van der Waals surface area contributed by atoms with Crippen LogP contribution in [0.5, 0.6) is 5.75 Å². The van der Waals surface area contributed by atoms with E-state index < -0.39 is 0 Å². The minimum atomic E-state index is 0.788. The van der Waals surface area contributed by atoms with Crippen LogP contribution in [0.2, 0.25) is 0 Å². The molecule has 0 aliphatic heterocycles. The summed E-state index contributed by atoms with van der Waals surface area (Å²) in [5, 5.41) is 0. The van der Waals surface area contributed by atoms with Crippen LogP contribution < -0.4 is 10.5 Å². The van der Waals surface area contributed by atoms with Crippen molar-refractivity contribution in [1.29, 1.82) is 0 Å². The maximum Gasteiger partial charge on any atom is 0.119 e. The zero-order valence-corrected chi connectivity index (χ0v) is 10.5. The van der Waals surface area contributed by atoms with E-state index in [9.17, 15) is 0 Å². The summed E-state index contributed by atoms with van der Waals surface area (Å²) in [4.78, 5) is 0. The van der Waals surface area contributed by atoms with Gasteiger partial charge in [-0.2, -0.15) is 0 Å². The predicted molar refractivity (Wildman–Crippen MR) is 69.0 cm³/mol. The molecule has 1 aromatic carbocycles. The Morgan fingerprint density at radius 2 is 2.06 bits per heavy atom. The number of hydrogen-bond acceptors (Lipinski definition) is 2. The number of nitrogens with two attached hydrogens (primary N) is 1. The highest BCUT2D eigenvalue weighted by Crippen LogP contribution is 2.19. The molecular formula is C14H23NO. The molecule has 0 aliphatic carbocycles. The van der Waals surface area contributed by atoms with Crippen LogP contribution in [-0.2, 0) is 6.42 Å². The van der Waals surface area contributed by atoms with Crippen LogP contribution in [0, 0.1) is 6.92 Å². The summed E-state index contributed by atoms with van der Waals surface area (Å²) in [5.74, 6) is 0.988. The van der Waals surface area contributed by atoms with Gasteiger partial charge in [-0.25, -0.2) is 0 Å². The number of unbranched alkanes of at least 4 members (excludes halogenated alkanes) is 1. The molecule has 0 aliphatic rings. The van der Waals surface area contributed by atoms with Crippen molar-refractivity contribution < 1.29 is 4.74 Å². The van der Waals surface area contributed by atoms with Gasteiger partial charge in [-0.3, -0.25) is 0 Å². The van der Waals surface area contributed by atoms with E-state index >= 15 is 0 Å². The van der Waals surface area contributed by atoms with E-state index in [1.54, 1.807) is 0 Å². The number of benzene rings is 1. The topological polar surface area (TPSA) is 35.2 Å². The van der Waals surface area contributed by atoms with Crippen molar-refractivity contribution in [1.82, 2.24) is 0 Å². The van der Waals surface area contributed by atoms with Gasteiger partial charge in [0.25, 0.3) is 0 Å². The van der Waals surface area contributed by atoms with Crippen molar-refractivity contribution in [3.8, 4) is 5.75 Å². The van der Waals surface area contributed by atoms with Crippen LogP contribution in [0.4, 0.5) is 0 Å². The Morgan fingerprint density at radius 1 is 1.25 bits per heavy atom. The lowest BCUT2D eigenvalue weighted by atomic mass is 10.0. The van der Waals surface area contributed by atoms with E-state index in [0.29, 0.717) is 0 Å². The standard InChI is InChI=1S/C14H23NO/c1-3-10-16-14-8-7-13(12(2)11-14)6-4-5-9-15/h7-8,11H,3-6,9-10,15H2,1-2H3. The van der Waals surface area contributed by atoms with Gasteiger partial charge in [-0.05, 0) is 62.4 Å². The van der Waals surface area contributed by atoms with E-state index in [1.807, 2.05) is 0 Å². The van der Waals surface area contributed by atoms with Gasteiger partial charge in [0.1, 0.15) is 5.75 Å². The summed E-state index contributed by atoms with van der Waals surface area (Å²) < 4.78 is 5.60. The summed E-state index contributed by atoms with van der Waals surface area (Å²) >= 11 is 0. The van der Waals surface area contributed by atoms with Gasteiger partial charge >= 0.3 is 0 Å². The molecule has 0 radical (unpaired) electrons. The number of rotatable bonds is 7. The third kappa shape index (κ3) is 4.23. The van der Waals surface area contributed by atoms with Gasteiger partial charge in [-0.1, -0.05) is 13.0 Å². The molecule has 0 atom stereocenters. The lowest BCUT2D eigenvalue weighted by Crippen LogP contribution is -2.00. The molecule has 2 heteroatoms. The molecule has 0 unspecified atom stereocenters. The van der Waals surface area contributed by atoms with Gasteiger partial charge in [0, 0.05) is 0 Å². The Morgan fingerprint density at radius 3 is 2.69 bits per heavy atom. The molecule has 0 amide bonds. The summed E-state index contributed by atoms with van der Waals surface area (Å²) in [6, 6.07) is 6.38. The molecule has 2 nitrogen and oxygen atoms in total. The SMILES string of the molecule is CCCOc1ccc(CCCCN)c(C)c1. The number of aryl methyl sites for hydroxylation is 2. The van der Waals surface area contributed by atoms with Crippen molar-refractivity contribution >= 4 is 0 Å². The molecule has 90 valence electrons. The molecule has 0 aromatic heterocycles. The Labute approximate surface area is 98.8 Å². The van der Waals surface area contributed by atoms with Gasteiger partial charge in [-0.15, -0.1) is 0 Å². The Hall–Kier alpha value is -1.02. The highest BCUT2D eigenvalue weighted by molar-refractivity contribution is 5.34. The second kappa shape index (κ2) is 7.29. The fraction of sp³-hybridized carbons (Fsp3) is 0.571. The van der Waals surface area contributed by atoms with Crippen molar-refractivity contribution in [2.45, 2.75) is 39.5 Å². The molecule has 0 bridgehead atoms. The van der Waals surface area contributed by atoms with Crippen LogP contribution in [0.25, 0.3) is 0 Å². The Balaban J connectivity index is 2.53. The van der Waals surface area contributed by atoms with Crippen molar-refractivity contribution in [3.63, 3.8) is 0 Å². The lowest BCUT2D eigenvalue weighted by Gasteiger charge is -2.09. The summed E-state index contributed by atoms with van der Waals surface area (Å²) in [7, 11) is 0. The average molecular weight is 221 g/mol. The zero-order valence-electron chi connectivity index (χ0n) is 10.5. The Bertz CT molecular complexity index is 310. The van der Waals surface area contributed by atoms with Gasteiger partial charge in [0.15, 0.2) is 0 Å². The van der Waals surface area contributed by atoms with Crippen LogP contribution in [0.3, 0.4) is 0 Å². The van der Waals surface area contributed by atoms with E-state index in [4.69, 9.17) is 10.5 Å². The van der Waals surface area contributed by atoms with Crippen LogP contribution >= 0.6 is 0 Å². The van der Waals surface area contributed by atoms with Gasteiger partial charge < -0.3 is 10.5 Å². The smallest absolute Gasteiger partial charge is 0.119 e. The predicted octanol–water partition coefficient (Wildman–Crippen LogP) is 3.07. The minimum absolute atomic E-state index is 0.788. The van der Waals surface area contributed by atoms with Gasteiger partial charge in [0.2, 0.25) is 0 Å². The van der Waals surface area contributed by atoms with E-state index in [1.165, 1.54) is 17.5 Å². The maximum absolute atomic E-state index is 5.60. The molecule has 0 saturated heterocycles. The third-order valence-electron chi connectivity index (χ3n) is 2.69. The largest absolute Gasteiger partial charge is 0.494 e. The third-order valence-corrected chi connectivity index (χ3v) is 2.69. The molecule has 1 aromatic rings. The fourth-order valence-electron chi connectivity index (χ4n) is 1.72. The van der Waals surface area contributed by atoms with Crippen molar-refractivity contribution in [2.24, 2.45) is 5.73 Å². The summed E-state index contributed by atoms with van der Waals surface area (Å²) in [6.07, 6.45) is 4.45. The fourth-order valence-corrected chi connectivity index (χ4v) is 1.72. The molecule has 2 N–H and O–H groups in total. The quantitative estimate of drug-likeness (QED) is 0.718. The molecular weight excluding hydrogens is 198 g/mol. The zero-order chi connectivity index (χ0) is 11.8. The average Bonchev–Trinajstić information content (AvgIpc) is 2.29. The first kappa shape index (κ1) is 13.0. The Kier molecular flexibility index (Phi) is 5.94. The van der Waals surface area contributed by atoms with E-state index in [-0.39, 0.29) is 0 Å². The van der Waals surface area contributed by atoms with Crippen LogP contribution in [0.1, 0.15) is 37.3 Å². The van der Waals surface area contributed by atoms with E-state index in [2.05, 4.69) is 32.0 Å². The second-order valence-electron chi connectivity index (χ2n) is 4.18. The molecule has 0 heterocycles. The van der Waals surface area contributed by atoms with Gasteiger partial charge in [0.05, 0.1) is 6.61 Å². The lowest BCUT2D eigenvalue weighted by molar-refractivity contribution is 0.317. The van der Waals surface area contributed by atoms with Crippen LogP contribution in [-0.4, -0.2) is 13.2 Å². The first-order valence-corrected chi connectivity index (χ1v) is 6.20. The maximum atomic E-state index is 5.60. The molecule has 0 saturated carbocycles. The monoisotopic (exact) mass is 221 g/mol. The molecule has 16 heavy (non-hydrogen) atoms.